The lowest BCUT2D eigenvalue weighted by Gasteiger charge is -2.21. The standard InChI is InChI=1S/C14H20N2O/c1-11-4-3-8-16(9-7-11)14-6-5-13(10-15-14)12(2)17/h5-6,10-11H,3-4,7-9H2,1-2H3. The van der Waals surface area contributed by atoms with Crippen LogP contribution in [-0.4, -0.2) is 23.9 Å². The summed E-state index contributed by atoms with van der Waals surface area (Å²) in [6.45, 7) is 6.05. The Labute approximate surface area is 103 Å². The minimum Gasteiger partial charge on any atom is -0.357 e. The zero-order valence-corrected chi connectivity index (χ0v) is 10.6. The van der Waals surface area contributed by atoms with Gasteiger partial charge >= 0.3 is 0 Å². The van der Waals surface area contributed by atoms with Crippen LogP contribution < -0.4 is 4.90 Å². The van der Waals surface area contributed by atoms with Gasteiger partial charge in [-0.2, -0.15) is 0 Å². The number of Topliss-reactive ketones (excluding diaryl/α,β-unsaturated/α-hetero) is 1. The molecule has 0 N–H and O–H groups in total. The quantitative estimate of drug-likeness (QED) is 0.735. The summed E-state index contributed by atoms with van der Waals surface area (Å²) in [6.07, 6.45) is 5.46. The molecule has 0 spiro atoms. The monoisotopic (exact) mass is 232 g/mol. The van der Waals surface area contributed by atoms with Gasteiger partial charge < -0.3 is 4.90 Å². The van der Waals surface area contributed by atoms with Gasteiger partial charge in [-0.05, 0) is 44.2 Å². The van der Waals surface area contributed by atoms with E-state index in [2.05, 4.69) is 16.8 Å². The van der Waals surface area contributed by atoms with Gasteiger partial charge in [0.15, 0.2) is 5.78 Å². The van der Waals surface area contributed by atoms with E-state index in [1.807, 2.05) is 12.1 Å². The second-order valence-electron chi connectivity index (χ2n) is 4.98. The zero-order valence-electron chi connectivity index (χ0n) is 10.6. The molecule has 92 valence electrons. The summed E-state index contributed by atoms with van der Waals surface area (Å²) < 4.78 is 0. The maximum atomic E-state index is 11.2. The molecule has 0 amide bonds. The van der Waals surface area contributed by atoms with Crippen LogP contribution in [-0.2, 0) is 0 Å². The lowest BCUT2D eigenvalue weighted by atomic mass is 10.0. The fraction of sp³-hybridized carbons (Fsp3) is 0.571. The number of ketones is 1. The highest BCUT2D eigenvalue weighted by molar-refractivity contribution is 5.93. The highest BCUT2D eigenvalue weighted by Gasteiger charge is 2.15. The third-order valence-corrected chi connectivity index (χ3v) is 3.50. The van der Waals surface area contributed by atoms with Crippen LogP contribution in [0.25, 0.3) is 0 Å². The average molecular weight is 232 g/mol. The van der Waals surface area contributed by atoms with E-state index < -0.39 is 0 Å². The molecular weight excluding hydrogens is 212 g/mol. The van der Waals surface area contributed by atoms with Crippen molar-refractivity contribution in [1.29, 1.82) is 0 Å². The summed E-state index contributed by atoms with van der Waals surface area (Å²) in [6, 6.07) is 3.84. The number of pyridine rings is 1. The second kappa shape index (κ2) is 5.30. The second-order valence-corrected chi connectivity index (χ2v) is 4.98. The summed E-state index contributed by atoms with van der Waals surface area (Å²) in [7, 11) is 0. The minimum absolute atomic E-state index is 0.0774. The molecule has 0 saturated carbocycles. The molecule has 1 fully saturated rings. The normalized spacial score (nSPS) is 21.1. The summed E-state index contributed by atoms with van der Waals surface area (Å²) >= 11 is 0. The number of rotatable bonds is 2. The van der Waals surface area contributed by atoms with Gasteiger partial charge in [0.2, 0.25) is 0 Å². The molecule has 0 bridgehead atoms. The Morgan fingerprint density at radius 3 is 2.82 bits per heavy atom. The lowest BCUT2D eigenvalue weighted by Crippen LogP contribution is -2.25. The first-order chi connectivity index (χ1) is 8.16. The Kier molecular flexibility index (Phi) is 3.77. The number of aromatic nitrogens is 1. The van der Waals surface area contributed by atoms with Gasteiger partial charge in [0, 0.05) is 24.8 Å². The molecule has 1 unspecified atom stereocenters. The molecule has 3 heteroatoms. The Hall–Kier alpha value is -1.38. The van der Waals surface area contributed by atoms with Crippen molar-refractivity contribution < 1.29 is 4.79 Å². The molecule has 1 saturated heterocycles. The average Bonchev–Trinajstić information content (AvgIpc) is 2.54. The maximum Gasteiger partial charge on any atom is 0.161 e. The first kappa shape index (κ1) is 12.1. The summed E-state index contributed by atoms with van der Waals surface area (Å²) in [5.74, 6) is 1.90. The van der Waals surface area contributed by atoms with Crippen molar-refractivity contribution in [3.63, 3.8) is 0 Å². The van der Waals surface area contributed by atoms with Crippen molar-refractivity contribution >= 4 is 11.6 Å². The van der Waals surface area contributed by atoms with Crippen LogP contribution in [0.5, 0.6) is 0 Å². The van der Waals surface area contributed by atoms with Crippen LogP contribution in [0.1, 0.15) is 43.5 Å². The van der Waals surface area contributed by atoms with Gasteiger partial charge in [-0.3, -0.25) is 4.79 Å². The molecule has 1 atom stereocenters. The maximum absolute atomic E-state index is 11.2. The summed E-state index contributed by atoms with van der Waals surface area (Å²) in [5, 5.41) is 0. The molecule has 2 heterocycles. The molecule has 1 aliphatic rings. The molecule has 0 radical (unpaired) electrons. The Balaban J connectivity index is 2.08. The van der Waals surface area contributed by atoms with Gasteiger partial charge in [0.1, 0.15) is 5.82 Å². The predicted molar refractivity (Wildman–Crippen MR) is 69.5 cm³/mol. The third kappa shape index (κ3) is 3.05. The molecular formula is C14H20N2O. The van der Waals surface area contributed by atoms with E-state index in [4.69, 9.17) is 0 Å². The Bertz CT molecular complexity index is 386. The minimum atomic E-state index is 0.0774. The van der Waals surface area contributed by atoms with Crippen LogP contribution in [0.15, 0.2) is 18.3 Å². The molecule has 0 aromatic carbocycles. The summed E-state index contributed by atoms with van der Waals surface area (Å²) in [5.41, 5.74) is 0.692. The van der Waals surface area contributed by atoms with Gasteiger partial charge in [0.05, 0.1) is 0 Å². The van der Waals surface area contributed by atoms with Gasteiger partial charge in [-0.25, -0.2) is 4.98 Å². The van der Waals surface area contributed by atoms with E-state index >= 15 is 0 Å². The topological polar surface area (TPSA) is 33.2 Å². The SMILES string of the molecule is CC(=O)c1ccc(N2CCCC(C)CC2)nc1. The van der Waals surface area contributed by atoms with Crippen molar-refractivity contribution in [3.05, 3.63) is 23.9 Å². The van der Waals surface area contributed by atoms with E-state index in [1.54, 1.807) is 13.1 Å². The highest BCUT2D eigenvalue weighted by Crippen LogP contribution is 2.20. The number of carbonyl (C=O) groups is 1. The number of anilines is 1. The number of hydrogen-bond acceptors (Lipinski definition) is 3. The van der Waals surface area contributed by atoms with Crippen molar-refractivity contribution in [3.8, 4) is 0 Å². The molecule has 0 aliphatic carbocycles. The van der Waals surface area contributed by atoms with Crippen molar-refractivity contribution in [2.45, 2.75) is 33.1 Å². The Morgan fingerprint density at radius 2 is 2.18 bits per heavy atom. The third-order valence-electron chi connectivity index (χ3n) is 3.50. The first-order valence-corrected chi connectivity index (χ1v) is 6.39. The highest BCUT2D eigenvalue weighted by atomic mass is 16.1. The van der Waals surface area contributed by atoms with Crippen molar-refractivity contribution in [1.82, 2.24) is 4.98 Å². The smallest absolute Gasteiger partial charge is 0.161 e. The van der Waals surface area contributed by atoms with Crippen LogP contribution >= 0.6 is 0 Å². The molecule has 1 aromatic heterocycles. The number of carbonyl (C=O) groups excluding carboxylic acids is 1. The van der Waals surface area contributed by atoms with E-state index in [0.717, 1.165) is 24.8 Å². The summed E-state index contributed by atoms with van der Waals surface area (Å²) in [4.78, 5) is 17.9. The van der Waals surface area contributed by atoms with E-state index in [0.29, 0.717) is 5.56 Å². The first-order valence-electron chi connectivity index (χ1n) is 6.39. The van der Waals surface area contributed by atoms with Gasteiger partial charge in [-0.15, -0.1) is 0 Å². The fourth-order valence-corrected chi connectivity index (χ4v) is 2.27. The molecule has 17 heavy (non-hydrogen) atoms. The molecule has 1 aliphatic heterocycles. The largest absolute Gasteiger partial charge is 0.357 e. The van der Waals surface area contributed by atoms with Gasteiger partial charge in [-0.1, -0.05) is 6.92 Å². The van der Waals surface area contributed by atoms with Crippen LogP contribution in [0, 0.1) is 5.92 Å². The van der Waals surface area contributed by atoms with Crippen LogP contribution in [0.3, 0.4) is 0 Å². The van der Waals surface area contributed by atoms with Crippen molar-refractivity contribution in [2.24, 2.45) is 5.92 Å². The predicted octanol–water partition coefficient (Wildman–Crippen LogP) is 2.91. The molecule has 3 nitrogen and oxygen atoms in total. The van der Waals surface area contributed by atoms with E-state index in [1.165, 1.54) is 19.3 Å². The lowest BCUT2D eigenvalue weighted by molar-refractivity contribution is 0.101. The molecule has 1 aromatic rings. The van der Waals surface area contributed by atoms with Crippen LogP contribution in [0.4, 0.5) is 5.82 Å². The number of nitrogens with zero attached hydrogens (tertiary/aromatic N) is 2. The van der Waals surface area contributed by atoms with Crippen LogP contribution in [0.2, 0.25) is 0 Å². The van der Waals surface area contributed by atoms with Gasteiger partial charge in [0.25, 0.3) is 0 Å². The molecule has 2 rings (SSSR count). The zero-order chi connectivity index (χ0) is 12.3. The number of hydrogen-bond donors (Lipinski definition) is 0. The van der Waals surface area contributed by atoms with Crippen molar-refractivity contribution in [2.75, 3.05) is 18.0 Å². The van der Waals surface area contributed by atoms with E-state index in [9.17, 15) is 4.79 Å². The fourth-order valence-electron chi connectivity index (χ4n) is 2.27. The van der Waals surface area contributed by atoms with E-state index in [-0.39, 0.29) is 5.78 Å². The Morgan fingerprint density at radius 1 is 1.35 bits per heavy atom.